The Kier molecular flexibility index (Phi) is 4.87. The van der Waals surface area contributed by atoms with Gasteiger partial charge < -0.3 is 4.57 Å². The van der Waals surface area contributed by atoms with Gasteiger partial charge in [-0.1, -0.05) is 22.9 Å². The van der Waals surface area contributed by atoms with Gasteiger partial charge in [-0.3, -0.25) is 4.90 Å². The molecule has 21 heavy (non-hydrogen) atoms. The average Bonchev–Trinajstić information content (AvgIpc) is 3.04. The molecule has 0 spiro atoms. The summed E-state index contributed by atoms with van der Waals surface area (Å²) in [6.45, 7) is 5.64. The Morgan fingerprint density at radius 2 is 2.29 bits per heavy atom. The van der Waals surface area contributed by atoms with Gasteiger partial charge >= 0.3 is 0 Å². The molecule has 0 saturated carbocycles. The van der Waals surface area contributed by atoms with E-state index in [1.165, 1.54) is 24.9 Å². The highest BCUT2D eigenvalue weighted by Gasteiger charge is 2.24. The molecule has 0 amide bonds. The van der Waals surface area contributed by atoms with E-state index in [0.717, 1.165) is 35.3 Å². The van der Waals surface area contributed by atoms with Crippen molar-refractivity contribution in [3.8, 4) is 0 Å². The van der Waals surface area contributed by atoms with Crippen LogP contribution in [0.3, 0.4) is 0 Å². The molecule has 1 aliphatic heterocycles. The van der Waals surface area contributed by atoms with Crippen molar-refractivity contribution in [3.63, 3.8) is 0 Å². The van der Waals surface area contributed by atoms with Crippen LogP contribution in [0.2, 0.25) is 0 Å². The van der Waals surface area contributed by atoms with Crippen LogP contribution in [0.4, 0.5) is 0 Å². The minimum Gasteiger partial charge on any atom is -0.326 e. The number of nitrogens with zero attached hydrogens (tertiary/aromatic N) is 3. The van der Waals surface area contributed by atoms with Crippen LogP contribution < -0.4 is 0 Å². The van der Waals surface area contributed by atoms with E-state index in [9.17, 15) is 0 Å². The highest BCUT2D eigenvalue weighted by molar-refractivity contribution is 9.10. The monoisotopic (exact) mass is 369 g/mol. The molecule has 1 fully saturated rings. The van der Waals surface area contributed by atoms with E-state index in [1.54, 1.807) is 0 Å². The number of halogens is 2. The van der Waals surface area contributed by atoms with Crippen LogP contribution in [0.15, 0.2) is 22.7 Å². The summed E-state index contributed by atoms with van der Waals surface area (Å²) in [7, 11) is 0. The first-order valence-corrected chi connectivity index (χ1v) is 9.00. The maximum atomic E-state index is 5.97. The van der Waals surface area contributed by atoms with Crippen LogP contribution >= 0.6 is 27.5 Å². The van der Waals surface area contributed by atoms with Crippen LogP contribution in [0.5, 0.6) is 0 Å². The van der Waals surface area contributed by atoms with Crippen molar-refractivity contribution < 1.29 is 0 Å². The first-order valence-electron chi connectivity index (χ1n) is 7.67. The Labute approximate surface area is 139 Å². The van der Waals surface area contributed by atoms with E-state index >= 15 is 0 Å². The molecule has 2 heterocycles. The number of hydrogen-bond acceptors (Lipinski definition) is 2. The number of fused-ring (bicyclic) bond motifs is 1. The largest absolute Gasteiger partial charge is 0.326 e. The second-order valence-electron chi connectivity index (χ2n) is 5.64. The van der Waals surface area contributed by atoms with E-state index in [4.69, 9.17) is 16.6 Å². The lowest BCUT2D eigenvalue weighted by atomic mass is 10.2. The van der Waals surface area contributed by atoms with Crippen molar-refractivity contribution in [3.05, 3.63) is 28.5 Å². The van der Waals surface area contributed by atoms with E-state index < -0.39 is 0 Å². The second kappa shape index (κ2) is 6.67. The lowest BCUT2D eigenvalue weighted by Gasteiger charge is -2.24. The molecule has 1 atom stereocenters. The Morgan fingerprint density at radius 1 is 1.43 bits per heavy atom. The number of imidazole rings is 1. The third-order valence-corrected chi connectivity index (χ3v) is 5.09. The number of aromatic nitrogens is 2. The number of likely N-dealkylation sites (tertiary alicyclic amines) is 1. The number of aryl methyl sites for hydroxylation is 1. The Hall–Kier alpha value is -0.580. The Morgan fingerprint density at radius 3 is 3.05 bits per heavy atom. The molecule has 0 bridgehead atoms. The van der Waals surface area contributed by atoms with Crippen molar-refractivity contribution in [1.82, 2.24) is 14.5 Å². The highest BCUT2D eigenvalue weighted by Crippen LogP contribution is 2.25. The number of benzene rings is 1. The number of alkyl halides is 1. The molecule has 0 aliphatic carbocycles. The third-order valence-electron chi connectivity index (χ3n) is 4.41. The summed E-state index contributed by atoms with van der Waals surface area (Å²) >= 11 is 9.50. The average molecular weight is 371 g/mol. The van der Waals surface area contributed by atoms with E-state index in [1.807, 2.05) is 0 Å². The van der Waals surface area contributed by atoms with Crippen molar-refractivity contribution >= 4 is 38.6 Å². The smallest absolute Gasteiger partial charge is 0.111 e. The Bertz CT molecular complexity index is 625. The van der Waals surface area contributed by atoms with Crippen LogP contribution in [0.25, 0.3) is 11.0 Å². The number of rotatable bonds is 5. The second-order valence-corrected chi connectivity index (χ2v) is 6.93. The number of hydrogen-bond donors (Lipinski definition) is 0. The van der Waals surface area contributed by atoms with Gasteiger partial charge in [0, 0.05) is 29.4 Å². The van der Waals surface area contributed by atoms with Gasteiger partial charge in [0.15, 0.2) is 0 Å². The summed E-state index contributed by atoms with van der Waals surface area (Å²) in [5.41, 5.74) is 2.28. The van der Waals surface area contributed by atoms with Crippen LogP contribution in [0, 0.1) is 0 Å². The summed E-state index contributed by atoms with van der Waals surface area (Å²) < 4.78 is 3.45. The van der Waals surface area contributed by atoms with Gasteiger partial charge in [0.25, 0.3) is 0 Å². The summed E-state index contributed by atoms with van der Waals surface area (Å²) in [6.07, 6.45) is 3.42. The summed E-state index contributed by atoms with van der Waals surface area (Å²) in [6, 6.07) is 6.98. The normalized spacial score (nSPS) is 19.7. The van der Waals surface area contributed by atoms with Crippen molar-refractivity contribution in [2.24, 2.45) is 0 Å². The number of likely N-dealkylation sites (N-methyl/N-ethyl adjacent to an activating group) is 1. The van der Waals surface area contributed by atoms with Crippen molar-refractivity contribution in [2.45, 2.75) is 38.8 Å². The molecule has 5 heteroatoms. The predicted octanol–water partition coefficient (Wildman–Crippen LogP) is 4.06. The van der Waals surface area contributed by atoms with Gasteiger partial charge in [-0.25, -0.2) is 4.98 Å². The molecule has 0 radical (unpaired) electrons. The van der Waals surface area contributed by atoms with Gasteiger partial charge in [0.05, 0.1) is 11.0 Å². The molecule has 1 aromatic carbocycles. The molecule has 1 unspecified atom stereocenters. The molecule has 3 nitrogen and oxygen atoms in total. The lowest BCUT2D eigenvalue weighted by Crippen LogP contribution is -2.33. The maximum absolute atomic E-state index is 5.97. The zero-order valence-electron chi connectivity index (χ0n) is 12.4. The van der Waals surface area contributed by atoms with Crippen LogP contribution in [0.1, 0.15) is 25.6 Å². The molecular formula is C16H21BrClN3. The summed E-state index contributed by atoms with van der Waals surface area (Å²) in [5.74, 6) is 1.73. The lowest BCUT2D eigenvalue weighted by molar-refractivity contribution is 0.244. The quantitative estimate of drug-likeness (QED) is 0.740. The van der Waals surface area contributed by atoms with Gasteiger partial charge in [0.1, 0.15) is 5.82 Å². The van der Waals surface area contributed by atoms with Gasteiger partial charge in [0.2, 0.25) is 0 Å². The maximum Gasteiger partial charge on any atom is 0.111 e. The molecule has 1 saturated heterocycles. The molecule has 3 rings (SSSR count). The predicted molar refractivity (Wildman–Crippen MR) is 92.1 cm³/mol. The topological polar surface area (TPSA) is 21.1 Å². The molecule has 2 aromatic rings. The van der Waals surface area contributed by atoms with Gasteiger partial charge in [-0.15, -0.1) is 11.6 Å². The molecule has 0 N–H and O–H groups in total. The van der Waals surface area contributed by atoms with Gasteiger partial charge in [-0.2, -0.15) is 0 Å². The summed E-state index contributed by atoms with van der Waals surface area (Å²) in [5, 5.41) is 0. The van der Waals surface area contributed by atoms with Gasteiger partial charge in [-0.05, 0) is 44.1 Å². The highest BCUT2D eigenvalue weighted by atomic mass is 79.9. The third kappa shape index (κ3) is 3.13. The molecule has 114 valence electrons. The van der Waals surface area contributed by atoms with E-state index in [2.05, 4.69) is 50.5 Å². The molecule has 1 aromatic heterocycles. The zero-order valence-corrected chi connectivity index (χ0v) is 14.7. The fraction of sp³-hybridized carbons (Fsp3) is 0.562. The minimum absolute atomic E-state index is 0.618. The van der Waals surface area contributed by atoms with Crippen molar-refractivity contribution in [2.75, 3.05) is 19.0 Å². The zero-order chi connectivity index (χ0) is 14.8. The SMILES string of the molecule is CCN1CCCC1Cn1c(CCCl)nc2cc(Br)ccc21. The fourth-order valence-electron chi connectivity index (χ4n) is 3.36. The molecular weight excluding hydrogens is 350 g/mol. The first-order chi connectivity index (χ1) is 10.2. The van der Waals surface area contributed by atoms with Crippen LogP contribution in [-0.2, 0) is 13.0 Å². The Balaban J connectivity index is 1.96. The van der Waals surface area contributed by atoms with E-state index in [-0.39, 0.29) is 0 Å². The first kappa shape index (κ1) is 15.3. The van der Waals surface area contributed by atoms with Crippen LogP contribution in [-0.4, -0.2) is 39.5 Å². The van der Waals surface area contributed by atoms with E-state index in [0.29, 0.717) is 11.9 Å². The summed E-state index contributed by atoms with van der Waals surface area (Å²) in [4.78, 5) is 7.36. The minimum atomic E-state index is 0.618. The standard InChI is InChI=1S/C16H21BrClN3/c1-2-20-9-3-4-13(20)11-21-15-6-5-12(17)10-14(15)19-16(21)7-8-18/h5-6,10,13H,2-4,7-9,11H2,1H3. The van der Waals surface area contributed by atoms with Crippen molar-refractivity contribution in [1.29, 1.82) is 0 Å². The fourth-order valence-corrected chi connectivity index (χ4v) is 3.88. The molecule has 1 aliphatic rings.